The molecule has 0 spiro atoms. The number of halogens is 1. The van der Waals surface area contributed by atoms with Crippen LogP contribution in [0.1, 0.15) is 43.4 Å². The molecule has 0 aromatic heterocycles. The Morgan fingerprint density at radius 2 is 2.19 bits per heavy atom. The Morgan fingerprint density at radius 1 is 1.48 bits per heavy atom. The zero-order valence-electron chi connectivity index (χ0n) is 12.4. The minimum absolute atomic E-state index is 0.237. The van der Waals surface area contributed by atoms with Crippen LogP contribution in [0, 0.1) is 12.8 Å². The van der Waals surface area contributed by atoms with Gasteiger partial charge in [0.25, 0.3) is 0 Å². The van der Waals surface area contributed by atoms with E-state index in [2.05, 4.69) is 15.9 Å². The van der Waals surface area contributed by atoms with Crippen molar-refractivity contribution >= 4 is 21.9 Å². The molecule has 21 heavy (non-hydrogen) atoms. The summed E-state index contributed by atoms with van der Waals surface area (Å²) < 4.78 is 11.5. The standard InChI is InChI=1S/C16H21BrO4/c1-3-20-16(19)14(18)12-7-10(2)8-13(17)15(12)21-9-11-5-4-6-11/h7-8,11,14,18H,3-6,9H2,1-2H3. The van der Waals surface area contributed by atoms with E-state index < -0.39 is 12.1 Å². The molecule has 4 nitrogen and oxygen atoms in total. The molecule has 1 unspecified atom stereocenters. The van der Waals surface area contributed by atoms with Crippen molar-refractivity contribution < 1.29 is 19.4 Å². The number of aryl methyl sites for hydroxylation is 1. The number of carbonyl (C=O) groups excluding carboxylic acids is 1. The fourth-order valence-corrected chi connectivity index (χ4v) is 3.02. The van der Waals surface area contributed by atoms with Gasteiger partial charge in [-0.15, -0.1) is 0 Å². The Bertz CT molecular complexity index is 511. The number of carbonyl (C=O) groups is 1. The van der Waals surface area contributed by atoms with Crippen LogP contribution in [-0.2, 0) is 9.53 Å². The third-order valence-corrected chi connectivity index (χ3v) is 4.30. The van der Waals surface area contributed by atoms with Crippen molar-refractivity contribution in [3.05, 3.63) is 27.7 Å². The first kappa shape index (κ1) is 16.3. The largest absolute Gasteiger partial charge is 0.492 e. The van der Waals surface area contributed by atoms with Gasteiger partial charge in [0.15, 0.2) is 6.10 Å². The van der Waals surface area contributed by atoms with Crippen molar-refractivity contribution in [2.75, 3.05) is 13.2 Å². The van der Waals surface area contributed by atoms with Crippen LogP contribution in [0.2, 0.25) is 0 Å². The molecule has 1 aromatic carbocycles. The molecule has 116 valence electrons. The lowest BCUT2D eigenvalue weighted by atomic mass is 9.86. The number of hydrogen-bond acceptors (Lipinski definition) is 4. The Balaban J connectivity index is 2.21. The molecule has 0 heterocycles. The molecule has 5 heteroatoms. The van der Waals surface area contributed by atoms with E-state index in [9.17, 15) is 9.90 Å². The van der Waals surface area contributed by atoms with Gasteiger partial charge in [0.1, 0.15) is 5.75 Å². The quantitative estimate of drug-likeness (QED) is 0.792. The molecule has 1 fully saturated rings. The first-order valence-corrected chi connectivity index (χ1v) is 8.09. The molecule has 0 amide bonds. The molecular formula is C16H21BrO4. The van der Waals surface area contributed by atoms with Crippen LogP contribution in [0.15, 0.2) is 16.6 Å². The number of ether oxygens (including phenoxy) is 2. The lowest BCUT2D eigenvalue weighted by Gasteiger charge is -2.26. The minimum atomic E-state index is -1.32. The van der Waals surface area contributed by atoms with Gasteiger partial charge in [-0.1, -0.05) is 6.42 Å². The van der Waals surface area contributed by atoms with Crippen LogP contribution in [0.5, 0.6) is 5.75 Å². The molecule has 0 radical (unpaired) electrons. The van der Waals surface area contributed by atoms with Crippen molar-refractivity contribution in [2.24, 2.45) is 5.92 Å². The predicted molar refractivity (Wildman–Crippen MR) is 83.3 cm³/mol. The van der Waals surface area contributed by atoms with Crippen LogP contribution in [0.4, 0.5) is 0 Å². The van der Waals surface area contributed by atoms with Gasteiger partial charge in [-0.25, -0.2) is 4.79 Å². The van der Waals surface area contributed by atoms with Crippen molar-refractivity contribution in [3.63, 3.8) is 0 Å². The SMILES string of the molecule is CCOC(=O)C(O)c1cc(C)cc(Br)c1OCC1CCC1. The van der Waals surface area contributed by atoms with E-state index in [0.29, 0.717) is 23.8 Å². The molecule has 1 saturated carbocycles. The zero-order valence-corrected chi connectivity index (χ0v) is 14.0. The van der Waals surface area contributed by atoms with Gasteiger partial charge >= 0.3 is 5.97 Å². The normalized spacial score (nSPS) is 16.2. The predicted octanol–water partition coefficient (Wildman–Crippen LogP) is 3.53. The van der Waals surface area contributed by atoms with E-state index in [0.717, 1.165) is 10.0 Å². The molecule has 0 saturated heterocycles. The number of rotatable bonds is 6. The summed E-state index contributed by atoms with van der Waals surface area (Å²) in [5, 5.41) is 10.2. The number of hydrogen-bond donors (Lipinski definition) is 1. The third-order valence-electron chi connectivity index (χ3n) is 3.71. The summed E-state index contributed by atoms with van der Waals surface area (Å²) >= 11 is 3.46. The van der Waals surface area contributed by atoms with Crippen LogP contribution >= 0.6 is 15.9 Å². The molecular weight excluding hydrogens is 336 g/mol. The van der Waals surface area contributed by atoms with Crippen LogP contribution in [0.25, 0.3) is 0 Å². The monoisotopic (exact) mass is 356 g/mol. The number of aliphatic hydroxyl groups excluding tert-OH is 1. The van der Waals surface area contributed by atoms with Crippen molar-refractivity contribution in [3.8, 4) is 5.75 Å². The fourth-order valence-electron chi connectivity index (χ4n) is 2.32. The van der Waals surface area contributed by atoms with E-state index in [1.807, 2.05) is 13.0 Å². The lowest BCUT2D eigenvalue weighted by Crippen LogP contribution is -2.21. The van der Waals surface area contributed by atoms with Gasteiger partial charge in [-0.2, -0.15) is 0 Å². The molecule has 1 N–H and O–H groups in total. The Labute approximate surface area is 133 Å². The van der Waals surface area contributed by atoms with E-state index in [1.54, 1.807) is 13.0 Å². The average Bonchev–Trinajstić information content (AvgIpc) is 2.38. The van der Waals surface area contributed by atoms with Gasteiger partial charge < -0.3 is 14.6 Å². The van der Waals surface area contributed by atoms with Gasteiger partial charge in [0, 0.05) is 5.56 Å². The van der Waals surface area contributed by atoms with Crippen molar-refractivity contribution in [2.45, 2.75) is 39.2 Å². The Hall–Kier alpha value is -1.07. The van der Waals surface area contributed by atoms with E-state index in [1.165, 1.54) is 19.3 Å². The maximum atomic E-state index is 11.8. The van der Waals surface area contributed by atoms with Gasteiger partial charge in [0.2, 0.25) is 0 Å². The summed E-state index contributed by atoms with van der Waals surface area (Å²) in [4.78, 5) is 11.8. The highest BCUT2D eigenvalue weighted by Crippen LogP contribution is 2.36. The Morgan fingerprint density at radius 3 is 2.76 bits per heavy atom. The highest BCUT2D eigenvalue weighted by atomic mass is 79.9. The highest BCUT2D eigenvalue weighted by Gasteiger charge is 2.26. The second-order valence-electron chi connectivity index (χ2n) is 5.43. The molecule has 0 bridgehead atoms. The van der Waals surface area contributed by atoms with E-state index in [-0.39, 0.29) is 6.61 Å². The Kier molecular flexibility index (Phi) is 5.65. The summed E-state index contributed by atoms with van der Waals surface area (Å²) in [5.41, 5.74) is 1.40. The number of aliphatic hydroxyl groups is 1. The van der Waals surface area contributed by atoms with E-state index >= 15 is 0 Å². The van der Waals surface area contributed by atoms with Crippen LogP contribution in [-0.4, -0.2) is 24.3 Å². The molecule has 1 aliphatic rings. The molecule has 1 aliphatic carbocycles. The maximum Gasteiger partial charge on any atom is 0.339 e. The maximum absolute atomic E-state index is 11.8. The van der Waals surface area contributed by atoms with Crippen molar-refractivity contribution in [1.29, 1.82) is 0 Å². The first-order valence-electron chi connectivity index (χ1n) is 7.30. The van der Waals surface area contributed by atoms with Gasteiger partial charge in [0.05, 0.1) is 17.7 Å². The average molecular weight is 357 g/mol. The highest BCUT2D eigenvalue weighted by molar-refractivity contribution is 9.10. The van der Waals surface area contributed by atoms with Crippen LogP contribution in [0.3, 0.4) is 0 Å². The molecule has 2 rings (SSSR count). The molecule has 1 aromatic rings. The summed E-state index contributed by atoms with van der Waals surface area (Å²) in [6.45, 7) is 4.47. The molecule has 0 aliphatic heterocycles. The summed E-state index contributed by atoms with van der Waals surface area (Å²) in [6, 6.07) is 3.68. The third kappa shape index (κ3) is 3.98. The van der Waals surface area contributed by atoms with Gasteiger partial charge in [-0.3, -0.25) is 0 Å². The lowest BCUT2D eigenvalue weighted by molar-refractivity contribution is -0.153. The molecule has 1 atom stereocenters. The number of esters is 1. The second kappa shape index (κ2) is 7.27. The van der Waals surface area contributed by atoms with E-state index in [4.69, 9.17) is 9.47 Å². The minimum Gasteiger partial charge on any atom is -0.492 e. The van der Waals surface area contributed by atoms with Crippen molar-refractivity contribution in [1.82, 2.24) is 0 Å². The zero-order chi connectivity index (χ0) is 15.4. The summed E-state index contributed by atoms with van der Waals surface area (Å²) in [7, 11) is 0. The number of benzene rings is 1. The summed E-state index contributed by atoms with van der Waals surface area (Å²) in [5.74, 6) is 0.460. The van der Waals surface area contributed by atoms with Crippen LogP contribution < -0.4 is 4.74 Å². The first-order chi connectivity index (χ1) is 10.0. The fraction of sp³-hybridized carbons (Fsp3) is 0.562. The van der Waals surface area contributed by atoms with Gasteiger partial charge in [-0.05, 0) is 66.2 Å². The second-order valence-corrected chi connectivity index (χ2v) is 6.28. The summed E-state index contributed by atoms with van der Waals surface area (Å²) in [6.07, 6.45) is 2.29. The smallest absolute Gasteiger partial charge is 0.339 e. The topological polar surface area (TPSA) is 55.8 Å².